The molecule has 0 N–H and O–H groups in total. The van der Waals surface area contributed by atoms with E-state index in [0.29, 0.717) is 36.0 Å². The highest BCUT2D eigenvalue weighted by Gasteiger charge is 2.22. The van der Waals surface area contributed by atoms with E-state index in [1.54, 1.807) is 6.20 Å². The number of nitrogens with zero attached hydrogens (tertiary/aromatic N) is 3. The average Bonchev–Trinajstić information content (AvgIpc) is 2.79. The second-order valence-electron chi connectivity index (χ2n) is 6.87. The Bertz CT molecular complexity index is 955. The minimum atomic E-state index is 0.0447. The number of ether oxygens (including phenoxy) is 1. The number of halogens is 1. The second kappa shape index (κ2) is 8.97. The van der Waals surface area contributed by atoms with Crippen molar-refractivity contribution in [3.8, 4) is 5.75 Å². The van der Waals surface area contributed by atoms with Crippen molar-refractivity contribution >= 4 is 23.3 Å². The summed E-state index contributed by atoms with van der Waals surface area (Å²) < 4.78 is 5.79. The molecule has 1 fully saturated rings. The number of carbonyl (C=O) groups is 1. The van der Waals surface area contributed by atoms with E-state index in [9.17, 15) is 4.79 Å². The third kappa shape index (κ3) is 4.69. The van der Waals surface area contributed by atoms with Crippen LogP contribution in [0, 0.1) is 0 Å². The van der Waals surface area contributed by atoms with E-state index >= 15 is 0 Å². The summed E-state index contributed by atoms with van der Waals surface area (Å²) in [6.45, 7) is 3.31. The van der Waals surface area contributed by atoms with Crippen LogP contribution in [0.25, 0.3) is 0 Å². The van der Waals surface area contributed by atoms with Crippen molar-refractivity contribution in [1.82, 2.24) is 9.88 Å². The number of rotatable bonds is 5. The number of aromatic nitrogens is 1. The fourth-order valence-electron chi connectivity index (χ4n) is 3.33. The van der Waals surface area contributed by atoms with Gasteiger partial charge in [-0.3, -0.25) is 4.79 Å². The highest BCUT2D eigenvalue weighted by molar-refractivity contribution is 6.31. The maximum absolute atomic E-state index is 12.8. The lowest BCUT2D eigenvalue weighted by atomic mass is 10.1. The van der Waals surface area contributed by atoms with Gasteiger partial charge in [0.15, 0.2) is 0 Å². The van der Waals surface area contributed by atoms with Crippen molar-refractivity contribution < 1.29 is 9.53 Å². The van der Waals surface area contributed by atoms with Gasteiger partial charge in [-0.05, 0) is 42.5 Å². The number of carbonyl (C=O) groups excluding carboxylic acids is 1. The summed E-state index contributed by atoms with van der Waals surface area (Å²) in [5.41, 5.74) is 1.60. The smallest absolute Gasteiger partial charge is 0.253 e. The molecule has 5 nitrogen and oxygen atoms in total. The van der Waals surface area contributed by atoms with E-state index in [1.165, 1.54) is 0 Å². The molecule has 148 valence electrons. The summed E-state index contributed by atoms with van der Waals surface area (Å²) in [6.07, 6.45) is 1.79. The predicted molar refractivity (Wildman–Crippen MR) is 115 cm³/mol. The molecule has 1 aliphatic rings. The first-order valence-electron chi connectivity index (χ1n) is 9.62. The summed E-state index contributed by atoms with van der Waals surface area (Å²) in [5, 5.41) is 0.684. The number of anilines is 1. The molecule has 1 amide bonds. The predicted octanol–water partition coefficient (Wildman–Crippen LogP) is 4.28. The molecule has 4 rings (SSSR count). The third-order valence-electron chi connectivity index (χ3n) is 4.99. The maximum atomic E-state index is 12.8. The van der Waals surface area contributed by atoms with E-state index < -0.39 is 0 Å². The maximum Gasteiger partial charge on any atom is 0.253 e. The highest BCUT2D eigenvalue weighted by atomic mass is 35.5. The summed E-state index contributed by atoms with van der Waals surface area (Å²) in [5.74, 6) is 1.71. The molecule has 29 heavy (non-hydrogen) atoms. The standard InChI is InChI=1S/C23H22ClN3O2/c24-21-6-2-1-5-19(21)17-29-20-10-8-18(9-11-20)23(28)27-15-13-26(14-16-27)22-7-3-4-12-25-22/h1-12H,13-17H2. The molecule has 6 heteroatoms. The van der Waals surface area contributed by atoms with Crippen LogP contribution < -0.4 is 9.64 Å². The van der Waals surface area contributed by atoms with Crippen LogP contribution in [0.2, 0.25) is 5.02 Å². The zero-order valence-corrected chi connectivity index (χ0v) is 16.8. The molecule has 0 spiro atoms. The van der Waals surface area contributed by atoms with Gasteiger partial charge in [0.25, 0.3) is 5.91 Å². The van der Waals surface area contributed by atoms with Gasteiger partial charge in [0.1, 0.15) is 18.2 Å². The third-order valence-corrected chi connectivity index (χ3v) is 5.36. The molecule has 0 bridgehead atoms. The number of hydrogen-bond acceptors (Lipinski definition) is 4. The molecule has 2 heterocycles. The Morgan fingerprint density at radius 1 is 0.931 bits per heavy atom. The lowest BCUT2D eigenvalue weighted by Gasteiger charge is -2.35. The molecular formula is C23H22ClN3O2. The second-order valence-corrected chi connectivity index (χ2v) is 7.28. The van der Waals surface area contributed by atoms with E-state index in [-0.39, 0.29) is 5.91 Å². The molecule has 0 saturated carbocycles. The van der Waals surface area contributed by atoms with Crippen molar-refractivity contribution in [3.05, 3.63) is 89.1 Å². The lowest BCUT2D eigenvalue weighted by molar-refractivity contribution is 0.0746. The molecule has 0 unspecified atom stereocenters. The van der Waals surface area contributed by atoms with Crippen molar-refractivity contribution in [1.29, 1.82) is 0 Å². The highest BCUT2D eigenvalue weighted by Crippen LogP contribution is 2.20. The number of piperazine rings is 1. The van der Waals surface area contributed by atoms with E-state index in [2.05, 4.69) is 9.88 Å². The minimum absolute atomic E-state index is 0.0447. The van der Waals surface area contributed by atoms with Crippen LogP contribution in [0.4, 0.5) is 5.82 Å². The summed E-state index contributed by atoms with van der Waals surface area (Å²) in [4.78, 5) is 21.3. The largest absolute Gasteiger partial charge is 0.489 e. The Hall–Kier alpha value is -3.05. The fourth-order valence-corrected chi connectivity index (χ4v) is 3.52. The molecule has 2 aromatic carbocycles. The molecule has 1 aromatic heterocycles. The van der Waals surface area contributed by atoms with Gasteiger partial charge in [0.2, 0.25) is 0 Å². The van der Waals surface area contributed by atoms with Gasteiger partial charge in [-0.1, -0.05) is 35.9 Å². The SMILES string of the molecule is O=C(c1ccc(OCc2ccccc2Cl)cc1)N1CCN(c2ccccn2)CC1. The number of pyridine rings is 1. The Kier molecular flexibility index (Phi) is 5.96. The van der Waals surface area contributed by atoms with Crippen molar-refractivity contribution in [2.75, 3.05) is 31.1 Å². The first-order chi connectivity index (χ1) is 14.2. The number of amides is 1. The Morgan fingerprint density at radius 2 is 1.66 bits per heavy atom. The summed E-state index contributed by atoms with van der Waals surface area (Å²) >= 11 is 6.16. The van der Waals surface area contributed by atoms with E-state index in [1.807, 2.05) is 71.6 Å². The molecule has 0 aliphatic carbocycles. The van der Waals surface area contributed by atoms with Crippen LogP contribution in [0.1, 0.15) is 15.9 Å². The van der Waals surface area contributed by atoms with Gasteiger partial charge >= 0.3 is 0 Å². The summed E-state index contributed by atoms with van der Waals surface area (Å²) in [6, 6.07) is 20.8. The zero-order valence-electron chi connectivity index (χ0n) is 16.0. The van der Waals surface area contributed by atoms with Gasteiger partial charge in [-0.15, -0.1) is 0 Å². The lowest BCUT2D eigenvalue weighted by Crippen LogP contribution is -2.49. The minimum Gasteiger partial charge on any atom is -0.489 e. The Labute approximate surface area is 175 Å². The zero-order chi connectivity index (χ0) is 20.1. The molecule has 0 atom stereocenters. The van der Waals surface area contributed by atoms with Crippen LogP contribution in [0.3, 0.4) is 0 Å². The topological polar surface area (TPSA) is 45.7 Å². The quantitative estimate of drug-likeness (QED) is 0.633. The molecule has 3 aromatic rings. The van der Waals surface area contributed by atoms with E-state index in [0.717, 1.165) is 24.5 Å². The fraction of sp³-hybridized carbons (Fsp3) is 0.217. The Morgan fingerprint density at radius 3 is 2.34 bits per heavy atom. The number of benzene rings is 2. The van der Waals surface area contributed by atoms with Crippen LogP contribution in [-0.4, -0.2) is 42.0 Å². The van der Waals surface area contributed by atoms with E-state index in [4.69, 9.17) is 16.3 Å². The Balaban J connectivity index is 1.32. The van der Waals surface area contributed by atoms with Gasteiger partial charge in [-0.2, -0.15) is 0 Å². The van der Waals surface area contributed by atoms with Crippen molar-refractivity contribution in [3.63, 3.8) is 0 Å². The molecule has 1 saturated heterocycles. The van der Waals surface area contributed by atoms with Crippen molar-refractivity contribution in [2.24, 2.45) is 0 Å². The van der Waals surface area contributed by atoms with Gasteiger partial charge in [-0.25, -0.2) is 4.98 Å². The van der Waals surface area contributed by atoms with Gasteiger partial charge in [0.05, 0.1) is 0 Å². The van der Waals surface area contributed by atoms with Gasteiger partial charge in [0, 0.05) is 48.5 Å². The first-order valence-corrected chi connectivity index (χ1v) is 10.00. The van der Waals surface area contributed by atoms with Crippen molar-refractivity contribution in [2.45, 2.75) is 6.61 Å². The normalized spacial score (nSPS) is 14.0. The van der Waals surface area contributed by atoms with Gasteiger partial charge < -0.3 is 14.5 Å². The monoisotopic (exact) mass is 407 g/mol. The van der Waals surface area contributed by atoms with Crippen LogP contribution in [-0.2, 0) is 6.61 Å². The summed E-state index contributed by atoms with van der Waals surface area (Å²) in [7, 11) is 0. The van der Waals surface area contributed by atoms with Crippen LogP contribution in [0.15, 0.2) is 72.9 Å². The molecular weight excluding hydrogens is 386 g/mol. The van der Waals surface area contributed by atoms with Crippen LogP contribution >= 0.6 is 11.6 Å². The number of hydrogen-bond donors (Lipinski definition) is 0. The average molecular weight is 408 g/mol. The van der Waals surface area contributed by atoms with Crippen LogP contribution in [0.5, 0.6) is 5.75 Å². The molecule has 1 aliphatic heterocycles. The molecule has 0 radical (unpaired) electrons. The first kappa shape index (κ1) is 19.3.